The van der Waals surface area contributed by atoms with Crippen LogP contribution < -0.4 is 10.9 Å². The van der Waals surface area contributed by atoms with Crippen molar-refractivity contribution in [3.8, 4) is 5.69 Å². The maximum atomic E-state index is 12.8. The van der Waals surface area contributed by atoms with Crippen LogP contribution in [0.3, 0.4) is 0 Å². The molecule has 2 aromatic rings. The molecule has 1 heterocycles. The molecule has 1 aliphatic rings. The number of carbonyl (C=O) groups is 1. The Labute approximate surface area is 158 Å². The average molecular weight is 374 g/mol. The Balaban J connectivity index is 1.64. The summed E-state index contributed by atoms with van der Waals surface area (Å²) in [4.78, 5) is 25.1. The SMILES string of the molecule is Cc1c(NC(=O)CCSC2CCCCC2)c(=O)n(-c2ccccc2)n1C. The van der Waals surface area contributed by atoms with E-state index >= 15 is 0 Å². The molecule has 0 saturated heterocycles. The number of hydrogen-bond acceptors (Lipinski definition) is 3. The van der Waals surface area contributed by atoms with Crippen molar-refractivity contribution in [3.05, 3.63) is 46.4 Å². The lowest BCUT2D eigenvalue weighted by molar-refractivity contribution is -0.115. The first-order chi connectivity index (χ1) is 12.6. The van der Waals surface area contributed by atoms with Gasteiger partial charge in [-0.3, -0.25) is 14.3 Å². The molecule has 1 fully saturated rings. The fourth-order valence-corrected chi connectivity index (χ4v) is 4.77. The summed E-state index contributed by atoms with van der Waals surface area (Å²) in [6, 6.07) is 9.47. The van der Waals surface area contributed by atoms with Crippen LogP contribution in [0.25, 0.3) is 5.69 Å². The van der Waals surface area contributed by atoms with Gasteiger partial charge in [0, 0.05) is 24.5 Å². The number of nitrogens with zero attached hydrogens (tertiary/aromatic N) is 2. The predicted molar refractivity (Wildman–Crippen MR) is 108 cm³/mol. The summed E-state index contributed by atoms with van der Waals surface area (Å²) in [7, 11) is 1.83. The summed E-state index contributed by atoms with van der Waals surface area (Å²) in [6.07, 6.45) is 6.95. The summed E-state index contributed by atoms with van der Waals surface area (Å²) >= 11 is 1.90. The first-order valence-electron chi connectivity index (χ1n) is 9.33. The Morgan fingerprint density at radius 2 is 1.88 bits per heavy atom. The molecule has 0 spiro atoms. The zero-order chi connectivity index (χ0) is 18.5. The molecule has 3 rings (SSSR count). The molecule has 1 aromatic carbocycles. The van der Waals surface area contributed by atoms with E-state index in [-0.39, 0.29) is 11.5 Å². The third-order valence-corrected chi connectivity index (χ3v) is 6.44. The molecule has 1 aliphatic carbocycles. The van der Waals surface area contributed by atoms with E-state index in [0.29, 0.717) is 17.4 Å². The largest absolute Gasteiger partial charge is 0.320 e. The topological polar surface area (TPSA) is 56.0 Å². The lowest BCUT2D eigenvalue weighted by atomic mass is 10.0. The Morgan fingerprint density at radius 3 is 2.58 bits per heavy atom. The van der Waals surface area contributed by atoms with Crippen LogP contribution in [-0.4, -0.2) is 26.3 Å². The van der Waals surface area contributed by atoms with E-state index in [0.717, 1.165) is 17.1 Å². The molecule has 0 radical (unpaired) electrons. The first kappa shape index (κ1) is 18.8. The normalized spacial score (nSPS) is 15.2. The van der Waals surface area contributed by atoms with Crippen LogP contribution in [-0.2, 0) is 11.8 Å². The van der Waals surface area contributed by atoms with Gasteiger partial charge in [0.25, 0.3) is 5.56 Å². The number of aromatic nitrogens is 2. The molecule has 0 bridgehead atoms. The molecule has 6 heteroatoms. The van der Waals surface area contributed by atoms with E-state index < -0.39 is 0 Å². The smallest absolute Gasteiger partial charge is 0.295 e. The highest BCUT2D eigenvalue weighted by molar-refractivity contribution is 7.99. The van der Waals surface area contributed by atoms with Gasteiger partial charge in [-0.15, -0.1) is 0 Å². The van der Waals surface area contributed by atoms with E-state index in [4.69, 9.17) is 0 Å². The molecular weight excluding hydrogens is 346 g/mol. The monoisotopic (exact) mass is 373 g/mol. The van der Waals surface area contributed by atoms with Gasteiger partial charge in [0.1, 0.15) is 5.69 Å². The fraction of sp³-hybridized carbons (Fsp3) is 0.500. The second-order valence-corrected chi connectivity index (χ2v) is 8.27. The Hall–Kier alpha value is -1.95. The average Bonchev–Trinajstić information content (AvgIpc) is 2.87. The highest BCUT2D eigenvalue weighted by Gasteiger charge is 2.19. The zero-order valence-electron chi connectivity index (χ0n) is 15.5. The summed E-state index contributed by atoms with van der Waals surface area (Å²) in [6.45, 7) is 1.85. The van der Waals surface area contributed by atoms with Gasteiger partial charge in [0.15, 0.2) is 0 Å². The molecule has 5 nitrogen and oxygen atoms in total. The minimum Gasteiger partial charge on any atom is -0.320 e. The minimum atomic E-state index is -0.190. The second-order valence-electron chi connectivity index (χ2n) is 6.87. The maximum Gasteiger partial charge on any atom is 0.295 e. The molecule has 1 saturated carbocycles. The maximum absolute atomic E-state index is 12.8. The Bertz CT molecular complexity index is 804. The molecule has 1 aromatic heterocycles. The molecule has 26 heavy (non-hydrogen) atoms. The number of amides is 1. The first-order valence-corrected chi connectivity index (χ1v) is 10.4. The quantitative estimate of drug-likeness (QED) is 0.836. The van der Waals surface area contributed by atoms with Gasteiger partial charge in [0.05, 0.1) is 11.4 Å². The van der Waals surface area contributed by atoms with Crippen molar-refractivity contribution < 1.29 is 4.79 Å². The predicted octanol–water partition coefficient (Wildman–Crippen LogP) is 3.88. The molecule has 0 atom stereocenters. The lowest BCUT2D eigenvalue weighted by Crippen LogP contribution is -2.23. The summed E-state index contributed by atoms with van der Waals surface area (Å²) in [5, 5.41) is 3.54. The van der Waals surface area contributed by atoms with Crippen molar-refractivity contribution in [2.24, 2.45) is 7.05 Å². The summed E-state index contributed by atoms with van der Waals surface area (Å²) < 4.78 is 3.37. The van der Waals surface area contributed by atoms with Gasteiger partial charge in [0.2, 0.25) is 5.91 Å². The van der Waals surface area contributed by atoms with E-state index in [2.05, 4.69) is 5.32 Å². The third kappa shape index (κ3) is 4.23. The standard InChI is InChI=1S/C20H27N3O2S/c1-15-19(20(25)23(22(15)2)16-9-5-3-6-10-16)21-18(24)13-14-26-17-11-7-4-8-12-17/h3,5-6,9-10,17H,4,7-8,11-14H2,1-2H3,(H,21,24). The van der Waals surface area contributed by atoms with Crippen molar-refractivity contribution in [2.75, 3.05) is 11.1 Å². The van der Waals surface area contributed by atoms with Gasteiger partial charge in [-0.1, -0.05) is 37.5 Å². The van der Waals surface area contributed by atoms with Gasteiger partial charge in [-0.25, -0.2) is 4.68 Å². The van der Waals surface area contributed by atoms with Crippen LogP contribution in [0.4, 0.5) is 5.69 Å². The van der Waals surface area contributed by atoms with Crippen molar-refractivity contribution in [3.63, 3.8) is 0 Å². The van der Waals surface area contributed by atoms with Crippen LogP contribution in [0.5, 0.6) is 0 Å². The van der Waals surface area contributed by atoms with E-state index in [1.807, 2.05) is 56.1 Å². The molecule has 140 valence electrons. The summed E-state index contributed by atoms with van der Waals surface area (Å²) in [5.41, 5.74) is 1.73. The second kappa shape index (κ2) is 8.62. The molecule has 1 N–H and O–H groups in total. The van der Waals surface area contributed by atoms with Gasteiger partial charge >= 0.3 is 0 Å². The molecule has 0 unspecified atom stereocenters. The number of nitrogens with one attached hydrogen (secondary N) is 1. The lowest BCUT2D eigenvalue weighted by Gasteiger charge is -2.20. The number of carbonyl (C=O) groups excluding carboxylic acids is 1. The van der Waals surface area contributed by atoms with Crippen LogP contribution in [0.2, 0.25) is 0 Å². The molecule has 0 aliphatic heterocycles. The van der Waals surface area contributed by atoms with Crippen LogP contribution >= 0.6 is 11.8 Å². The van der Waals surface area contributed by atoms with Crippen LogP contribution in [0.15, 0.2) is 35.1 Å². The van der Waals surface area contributed by atoms with E-state index in [1.54, 1.807) is 9.36 Å². The van der Waals surface area contributed by atoms with Gasteiger partial charge < -0.3 is 5.32 Å². The third-order valence-electron chi connectivity index (χ3n) is 5.05. The highest BCUT2D eigenvalue weighted by Crippen LogP contribution is 2.28. The van der Waals surface area contributed by atoms with Crippen molar-refractivity contribution in [2.45, 2.75) is 50.7 Å². The van der Waals surface area contributed by atoms with Crippen LogP contribution in [0, 0.1) is 6.92 Å². The van der Waals surface area contributed by atoms with Gasteiger partial charge in [-0.2, -0.15) is 11.8 Å². The number of hydrogen-bond donors (Lipinski definition) is 1. The highest BCUT2D eigenvalue weighted by atomic mass is 32.2. The Morgan fingerprint density at radius 1 is 1.19 bits per heavy atom. The van der Waals surface area contributed by atoms with Crippen LogP contribution in [0.1, 0.15) is 44.2 Å². The minimum absolute atomic E-state index is 0.0840. The van der Waals surface area contributed by atoms with E-state index in [9.17, 15) is 9.59 Å². The number of rotatable bonds is 6. The molecule has 1 amide bonds. The number of benzene rings is 1. The fourth-order valence-electron chi connectivity index (χ4n) is 3.46. The number of thioether (sulfide) groups is 1. The number of para-hydroxylation sites is 1. The number of anilines is 1. The molecular formula is C20H27N3O2S. The van der Waals surface area contributed by atoms with Crippen molar-refractivity contribution in [1.82, 2.24) is 9.36 Å². The van der Waals surface area contributed by atoms with Gasteiger partial charge in [-0.05, 0) is 31.9 Å². The summed E-state index contributed by atoms with van der Waals surface area (Å²) in [5.74, 6) is 0.731. The Kier molecular flexibility index (Phi) is 6.25. The van der Waals surface area contributed by atoms with Crippen molar-refractivity contribution >= 4 is 23.4 Å². The van der Waals surface area contributed by atoms with E-state index in [1.165, 1.54) is 32.1 Å². The zero-order valence-corrected chi connectivity index (χ0v) is 16.3. The van der Waals surface area contributed by atoms with Crippen molar-refractivity contribution in [1.29, 1.82) is 0 Å².